The fourth-order valence-electron chi connectivity index (χ4n) is 3.38. The molecule has 1 aromatic rings. The van der Waals surface area contributed by atoms with Gasteiger partial charge in [-0.1, -0.05) is 6.92 Å². The highest BCUT2D eigenvalue weighted by atomic mass is 32.1. The number of piperazine rings is 1. The smallest absolute Gasteiger partial charge is 0.227 e. The molecule has 126 valence electrons. The first-order chi connectivity index (χ1) is 11.2. The highest BCUT2D eigenvalue weighted by Gasteiger charge is 2.32. The summed E-state index contributed by atoms with van der Waals surface area (Å²) < 4.78 is 0. The van der Waals surface area contributed by atoms with Crippen LogP contribution in [0.1, 0.15) is 26.2 Å². The van der Waals surface area contributed by atoms with E-state index in [-0.39, 0.29) is 17.7 Å². The van der Waals surface area contributed by atoms with E-state index in [0.717, 1.165) is 50.7 Å². The summed E-state index contributed by atoms with van der Waals surface area (Å²) in [6.45, 7) is 6.44. The lowest BCUT2D eigenvalue weighted by atomic mass is 9.96. The summed E-state index contributed by atoms with van der Waals surface area (Å²) >= 11 is 1.64. The number of hydrogen-bond donors (Lipinski definition) is 0. The van der Waals surface area contributed by atoms with Gasteiger partial charge in [-0.15, -0.1) is 11.3 Å². The van der Waals surface area contributed by atoms with E-state index in [1.165, 1.54) is 0 Å². The van der Waals surface area contributed by atoms with Crippen LogP contribution in [0.25, 0.3) is 0 Å². The molecule has 23 heavy (non-hydrogen) atoms. The number of piperidine rings is 1. The van der Waals surface area contributed by atoms with E-state index in [2.05, 4.69) is 9.88 Å². The van der Waals surface area contributed by atoms with Crippen LogP contribution in [0.15, 0.2) is 11.6 Å². The molecule has 2 amide bonds. The van der Waals surface area contributed by atoms with Crippen molar-refractivity contribution in [3.05, 3.63) is 11.6 Å². The topological polar surface area (TPSA) is 56.8 Å². The highest BCUT2D eigenvalue weighted by Crippen LogP contribution is 2.22. The minimum atomic E-state index is -0.0225. The first-order valence-electron chi connectivity index (χ1n) is 8.40. The van der Waals surface area contributed by atoms with Crippen LogP contribution in [0.5, 0.6) is 0 Å². The molecule has 2 aliphatic heterocycles. The maximum absolute atomic E-state index is 12.8. The second kappa shape index (κ2) is 7.29. The zero-order valence-corrected chi connectivity index (χ0v) is 14.4. The van der Waals surface area contributed by atoms with Crippen LogP contribution in [-0.2, 0) is 9.59 Å². The Kier molecular flexibility index (Phi) is 5.15. The maximum Gasteiger partial charge on any atom is 0.227 e. The Labute approximate surface area is 141 Å². The molecule has 0 aromatic carbocycles. The van der Waals surface area contributed by atoms with Gasteiger partial charge in [0, 0.05) is 57.3 Å². The summed E-state index contributed by atoms with van der Waals surface area (Å²) in [6, 6.07) is 0. The standard InChI is InChI=1S/C16H24N4O2S/c1-2-14(21)20-6-3-4-13(12-20)15(22)18-7-9-19(10-8-18)16-17-5-11-23-16/h5,11,13H,2-4,6-10,12H2,1H3/t13-/m0/s1. The second-order valence-electron chi connectivity index (χ2n) is 6.16. The van der Waals surface area contributed by atoms with Crippen molar-refractivity contribution in [3.8, 4) is 0 Å². The van der Waals surface area contributed by atoms with Crippen molar-refractivity contribution in [3.63, 3.8) is 0 Å². The number of rotatable bonds is 3. The van der Waals surface area contributed by atoms with E-state index in [1.807, 2.05) is 28.3 Å². The number of thiazole rings is 1. The SMILES string of the molecule is CCC(=O)N1CCC[C@H](C(=O)N2CCN(c3nccs3)CC2)C1. The van der Waals surface area contributed by atoms with E-state index in [9.17, 15) is 9.59 Å². The molecule has 6 nitrogen and oxygen atoms in total. The number of anilines is 1. The normalized spacial score (nSPS) is 22.3. The third-order valence-electron chi connectivity index (χ3n) is 4.71. The molecule has 3 rings (SSSR count). The van der Waals surface area contributed by atoms with Crippen molar-refractivity contribution < 1.29 is 9.59 Å². The van der Waals surface area contributed by atoms with Crippen LogP contribution >= 0.6 is 11.3 Å². The minimum absolute atomic E-state index is 0.0225. The number of carbonyl (C=O) groups excluding carboxylic acids is 2. The number of carbonyl (C=O) groups is 2. The summed E-state index contributed by atoms with van der Waals surface area (Å²) in [7, 11) is 0. The molecule has 2 aliphatic rings. The summed E-state index contributed by atoms with van der Waals surface area (Å²) in [4.78, 5) is 35.0. The number of likely N-dealkylation sites (tertiary alicyclic amines) is 1. The Morgan fingerprint density at radius 3 is 2.65 bits per heavy atom. The summed E-state index contributed by atoms with van der Waals surface area (Å²) in [5.41, 5.74) is 0. The van der Waals surface area contributed by atoms with Crippen molar-refractivity contribution in [1.82, 2.24) is 14.8 Å². The Morgan fingerprint density at radius 2 is 2.00 bits per heavy atom. The largest absolute Gasteiger partial charge is 0.345 e. The average molecular weight is 336 g/mol. The average Bonchev–Trinajstić information content (AvgIpc) is 3.15. The van der Waals surface area contributed by atoms with E-state index in [4.69, 9.17) is 0 Å². The molecule has 0 radical (unpaired) electrons. The molecular weight excluding hydrogens is 312 g/mol. The number of aromatic nitrogens is 1. The third kappa shape index (κ3) is 3.65. The van der Waals surface area contributed by atoms with Gasteiger partial charge in [0.05, 0.1) is 5.92 Å². The van der Waals surface area contributed by atoms with E-state index in [0.29, 0.717) is 13.0 Å². The molecular formula is C16H24N4O2S. The Morgan fingerprint density at radius 1 is 1.22 bits per heavy atom. The van der Waals surface area contributed by atoms with E-state index in [1.54, 1.807) is 11.3 Å². The molecule has 0 unspecified atom stereocenters. The Balaban J connectivity index is 1.53. The fourth-order valence-corrected chi connectivity index (χ4v) is 4.07. The molecule has 0 aliphatic carbocycles. The van der Waals surface area contributed by atoms with E-state index < -0.39 is 0 Å². The molecule has 1 aromatic heterocycles. The van der Waals surface area contributed by atoms with Crippen molar-refractivity contribution in [2.24, 2.45) is 5.92 Å². The van der Waals surface area contributed by atoms with Gasteiger partial charge in [0.25, 0.3) is 0 Å². The van der Waals surface area contributed by atoms with Crippen LogP contribution in [0.3, 0.4) is 0 Å². The van der Waals surface area contributed by atoms with Gasteiger partial charge in [-0.2, -0.15) is 0 Å². The van der Waals surface area contributed by atoms with Gasteiger partial charge in [0.15, 0.2) is 5.13 Å². The van der Waals surface area contributed by atoms with Crippen LogP contribution in [0.2, 0.25) is 0 Å². The predicted molar refractivity (Wildman–Crippen MR) is 90.5 cm³/mol. The molecule has 2 saturated heterocycles. The summed E-state index contributed by atoms with van der Waals surface area (Å²) in [5.74, 6) is 0.360. The van der Waals surface area contributed by atoms with E-state index >= 15 is 0 Å². The molecule has 0 bridgehead atoms. The first-order valence-corrected chi connectivity index (χ1v) is 9.28. The van der Waals surface area contributed by atoms with Crippen molar-refractivity contribution in [2.45, 2.75) is 26.2 Å². The Hall–Kier alpha value is -1.63. The van der Waals surface area contributed by atoms with Gasteiger partial charge in [-0.25, -0.2) is 4.98 Å². The third-order valence-corrected chi connectivity index (χ3v) is 5.54. The van der Waals surface area contributed by atoms with Crippen LogP contribution < -0.4 is 4.90 Å². The summed E-state index contributed by atoms with van der Waals surface area (Å²) in [6.07, 6.45) is 4.17. The van der Waals surface area contributed by atoms with Crippen molar-refractivity contribution in [2.75, 3.05) is 44.2 Å². The number of amides is 2. The zero-order chi connectivity index (χ0) is 16.2. The first kappa shape index (κ1) is 16.2. The van der Waals surface area contributed by atoms with Gasteiger partial charge >= 0.3 is 0 Å². The molecule has 0 N–H and O–H groups in total. The monoisotopic (exact) mass is 336 g/mol. The molecule has 3 heterocycles. The van der Waals surface area contributed by atoms with Crippen molar-refractivity contribution >= 4 is 28.3 Å². The zero-order valence-electron chi connectivity index (χ0n) is 13.6. The molecule has 0 spiro atoms. The van der Waals surface area contributed by atoms with Crippen LogP contribution in [0.4, 0.5) is 5.13 Å². The van der Waals surface area contributed by atoms with Gasteiger partial charge in [-0.05, 0) is 12.8 Å². The fraction of sp³-hybridized carbons (Fsp3) is 0.688. The molecule has 0 saturated carbocycles. The second-order valence-corrected chi connectivity index (χ2v) is 7.03. The molecule has 7 heteroatoms. The van der Waals surface area contributed by atoms with Crippen LogP contribution in [0, 0.1) is 5.92 Å². The Bertz CT molecular complexity index is 540. The lowest BCUT2D eigenvalue weighted by Gasteiger charge is -2.39. The molecule has 2 fully saturated rings. The lowest BCUT2D eigenvalue weighted by molar-refractivity contribution is -0.141. The van der Waals surface area contributed by atoms with Crippen molar-refractivity contribution in [1.29, 1.82) is 0 Å². The summed E-state index contributed by atoms with van der Waals surface area (Å²) in [5, 5.41) is 3.02. The maximum atomic E-state index is 12.8. The van der Waals surface area contributed by atoms with Crippen LogP contribution in [-0.4, -0.2) is 65.9 Å². The predicted octanol–water partition coefficient (Wildman–Crippen LogP) is 1.44. The van der Waals surface area contributed by atoms with Gasteiger partial charge in [0.1, 0.15) is 0 Å². The number of nitrogens with zero attached hydrogens (tertiary/aromatic N) is 4. The van der Waals surface area contributed by atoms with Gasteiger partial charge in [-0.3, -0.25) is 9.59 Å². The lowest BCUT2D eigenvalue weighted by Crippen LogP contribution is -2.53. The number of hydrogen-bond acceptors (Lipinski definition) is 5. The van der Waals surface area contributed by atoms with Gasteiger partial charge < -0.3 is 14.7 Å². The molecule has 1 atom stereocenters. The quantitative estimate of drug-likeness (QED) is 0.838. The minimum Gasteiger partial charge on any atom is -0.345 e. The highest BCUT2D eigenvalue weighted by molar-refractivity contribution is 7.13. The van der Waals surface area contributed by atoms with Gasteiger partial charge in [0.2, 0.25) is 11.8 Å².